The number of nitrogens with zero attached hydrogens (tertiary/aromatic N) is 2. The first-order valence-corrected chi connectivity index (χ1v) is 8.01. The van der Waals surface area contributed by atoms with E-state index in [0.717, 1.165) is 37.6 Å². The number of hydrogen-bond donors (Lipinski definition) is 2. The van der Waals surface area contributed by atoms with E-state index in [-0.39, 0.29) is 0 Å². The molecule has 0 aromatic carbocycles. The molecule has 0 unspecified atom stereocenters. The summed E-state index contributed by atoms with van der Waals surface area (Å²) < 4.78 is 0. The Morgan fingerprint density at radius 1 is 1.20 bits per heavy atom. The van der Waals surface area contributed by atoms with Crippen molar-refractivity contribution >= 4 is 17.3 Å². The monoisotopic (exact) mass is 296 g/mol. The first-order chi connectivity index (χ1) is 9.31. The zero-order chi connectivity index (χ0) is 15.2. The molecule has 20 heavy (non-hydrogen) atoms. The Kier molecular flexibility index (Phi) is 6.46. The molecule has 0 saturated carbocycles. The van der Waals surface area contributed by atoms with Crippen LogP contribution in [0.2, 0.25) is 0 Å². The minimum atomic E-state index is 0.349. The lowest BCUT2D eigenvalue weighted by Crippen LogP contribution is -2.39. The number of aromatic nitrogens is 1. The Morgan fingerprint density at radius 3 is 2.35 bits per heavy atom. The summed E-state index contributed by atoms with van der Waals surface area (Å²) in [6.45, 7) is 12.7. The van der Waals surface area contributed by atoms with Crippen LogP contribution < -0.4 is 10.6 Å². The molecule has 114 valence electrons. The predicted molar refractivity (Wildman–Crippen MR) is 88.7 cm³/mol. The second kappa shape index (κ2) is 7.62. The van der Waals surface area contributed by atoms with Gasteiger partial charge < -0.3 is 10.6 Å². The van der Waals surface area contributed by atoms with Crippen LogP contribution in [-0.2, 0) is 6.42 Å². The third-order valence-electron chi connectivity index (χ3n) is 3.10. The van der Waals surface area contributed by atoms with Crippen LogP contribution in [0.25, 0.3) is 0 Å². The number of aliphatic imine (C=N–C) groups is 1. The van der Waals surface area contributed by atoms with E-state index in [2.05, 4.69) is 55.2 Å². The van der Waals surface area contributed by atoms with Crippen LogP contribution in [-0.4, -0.2) is 31.1 Å². The highest BCUT2D eigenvalue weighted by Crippen LogP contribution is 2.17. The highest BCUT2D eigenvalue weighted by Gasteiger charge is 2.09. The summed E-state index contributed by atoms with van der Waals surface area (Å²) in [4.78, 5) is 10.1. The Bertz CT molecular complexity index is 424. The SMILES string of the molecule is CN=C(NCCc1nc(C)c(C)s1)NCCC(C)(C)C. The molecule has 5 heteroatoms. The van der Waals surface area contributed by atoms with Gasteiger partial charge in [-0.2, -0.15) is 0 Å². The van der Waals surface area contributed by atoms with Crippen molar-refractivity contribution in [3.63, 3.8) is 0 Å². The average molecular weight is 296 g/mol. The standard InChI is InChI=1S/C15H28N4S/c1-11-12(2)20-13(19-11)7-9-17-14(16-6)18-10-8-15(3,4)5/h7-10H2,1-6H3,(H2,16,17,18). The molecule has 0 radical (unpaired) electrons. The van der Waals surface area contributed by atoms with Crippen molar-refractivity contribution in [2.75, 3.05) is 20.1 Å². The molecule has 1 rings (SSSR count). The highest BCUT2D eigenvalue weighted by molar-refractivity contribution is 7.11. The van der Waals surface area contributed by atoms with Gasteiger partial charge in [0.05, 0.1) is 10.7 Å². The van der Waals surface area contributed by atoms with Crippen LogP contribution in [0, 0.1) is 19.3 Å². The number of guanidine groups is 1. The molecule has 0 saturated heterocycles. The van der Waals surface area contributed by atoms with Gasteiger partial charge in [-0.25, -0.2) is 4.98 Å². The van der Waals surface area contributed by atoms with Crippen molar-refractivity contribution in [3.8, 4) is 0 Å². The first kappa shape index (κ1) is 17.0. The Hall–Kier alpha value is -1.10. The summed E-state index contributed by atoms with van der Waals surface area (Å²) in [6, 6.07) is 0. The van der Waals surface area contributed by atoms with E-state index >= 15 is 0 Å². The molecule has 1 aromatic rings. The van der Waals surface area contributed by atoms with Gasteiger partial charge in [-0.15, -0.1) is 11.3 Å². The summed E-state index contributed by atoms with van der Waals surface area (Å²) in [5.74, 6) is 0.874. The summed E-state index contributed by atoms with van der Waals surface area (Å²) in [6.07, 6.45) is 2.07. The first-order valence-electron chi connectivity index (χ1n) is 7.19. The molecule has 1 aromatic heterocycles. The Morgan fingerprint density at radius 2 is 1.85 bits per heavy atom. The molecule has 0 fully saturated rings. The van der Waals surface area contributed by atoms with Gasteiger partial charge in [0.2, 0.25) is 0 Å². The van der Waals surface area contributed by atoms with Crippen LogP contribution in [0.3, 0.4) is 0 Å². The lowest BCUT2D eigenvalue weighted by atomic mass is 9.92. The van der Waals surface area contributed by atoms with Gasteiger partial charge in [0.15, 0.2) is 5.96 Å². The van der Waals surface area contributed by atoms with Gasteiger partial charge in [-0.05, 0) is 25.7 Å². The fraction of sp³-hybridized carbons (Fsp3) is 0.733. The van der Waals surface area contributed by atoms with E-state index in [9.17, 15) is 0 Å². The molecular formula is C15H28N4S. The second-order valence-corrected chi connectivity index (χ2v) is 7.52. The van der Waals surface area contributed by atoms with Crippen LogP contribution in [0.5, 0.6) is 0 Å². The molecule has 0 spiro atoms. The van der Waals surface area contributed by atoms with Crippen LogP contribution in [0.1, 0.15) is 42.8 Å². The molecule has 0 atom stereocenters. The maximum Gasteiger partial charge on any atom is 0.190 e. The highest BCUT2D eigenvalue weighted by atomic mass is 32.1. The molecule has 0 aliphatic heterocycles. The molecule has 0 bridgehead atoms. The number of hydrogen-bond acceptors (Lipinski definition) is 3. The van der Waals surface area contributed by atoms with Crippen LogP contribution in [0.15, 0.2) is 4.99 Å². The largest absolute Gasteiger partial charge is 0.356 e. The van der Waals surface area contributed by atoms with E-state index in [1.165, 1.54) is 9.88 Å². The predicted octanol–water partition coefficient (Wildman–Crippen LogP) is 2.90. The summed E-state index contributed by atoms with van der Waals surface area (Å²) in [5.41, 5.74) is 1.50. The Labute approximate surface area is 127 Å². The number of aryl methyl sites for hydroxylation is 2. The molecule has 0 aliphatic rings. The molecule has 4 nitrogen and oxygen atoms in total. The third kappa shape index (κ3) is 6.37. The number of nitrogens with one attached hydrogen (secondary N) is 2. The molecule has 2 N–H and O–H groups in total. The lowest BCUT2D eigenvalue weighted by molar-refractivity contribution is 0.377. The van der Waals surface area contributed by atoms with Crippen molar-refractivity contribution in [2.24, 2.45) is 10.4 Å². The zero-order valence-corrected chi connectivity index (χ0v) is 14.4. The van der Waals surface area contributed by atoms with Gasteiger partial charge >= 0.3 is 0 Å². The van der Waals surface area contributed by atoms with E-state index < -0.39 is 0 Å². The van der Waals surface area contributed by atoms with Gasteiger partial charge in [0, 0.05) is 31.4 Å². The van der Waals surface area contributed by atoms with Crippen molar-refractivity contribution in [2.45, 2.75) is 47.5 Å². The number of thiazole rings is 1. The quantitative estimate of drug-likeness (QED) is 0.649. The van der Waals surface area contributed by atoms with E-state index in [4.69, 9.17) is 0 Å². The fourth-order valence-corrected chi connectivity index (χ4v) is 2.64. The maximum atomic E-state index is 4.55. The van der Waals surface area contributed by atoms with Gasteiger partial charge in [0.1, 0.15) is 0 Å². The summed E-state index contributed by atoms with van der Waals surface area (Å²) in [7, 11) is 1.81. The molecular weight excluding hydrogens is 268 g/mol. The van der Waals surface area contributed by atoms with Crippen molar-refractivity contribution in [1.82, 2.24) is 15.6 Å². The Balaban J connectivity index is 2.28. The van der Waals surface area contributed by atoms with Crippen molar-refractivity contribution in [3.05, 3.63) is 15.6 Å². The molecule has 1 heterocycles. The van der Waals surface area contributed by atoms with Crippen LogP contribution in [0.4, 0.5) is 0 Å². The minimum absolute atomic E-state index is 0.349. The maximum absolute atomic E-state index is 4.55. The lowest BCUT2D eigenvalue weighted by Gasteiger charge is -2.19. The number of rotatable bonds is 5. The third-order valence-corrected chi connectivity index (χ3v) is 4.23. The zero-order valence-electron chi connectivity index (χ0n) is 13.6. The smallest absolute Gasteiger partial charge is 0.190 e. The topological polar surface area (TPSA) is 49.3 Å². The summed E-state index contributed by atoms with van der Waals surface area (Å²) in [5, 5.41) is 7.88. The van der Waals surface area contributed by atoms with Gasteiger partial charge in [-0.1, -0.05) is 20.8 Å². The van der Waals surface area contributed by atoms with Gasteiger partial charge in [0.25, 0.3) is 0 Å². The van der Waals surface area contributed by atoms with E-state index in [0.29, 0.717) is 5.41 Å². The van der Waals surface area contributed by atoms with E-state index in [1.54, 1.807) is 11.3 Å². The molecule has 0 amide bonds. The van der Waals surface area contributed by atoms with E-state index in [1.807, 2.05) is 7.05 Å². The van der Waals surface area contributed by atoms with Crippen molar-refractivity contribution in [1.29, 1.82) is 0 Å². The normalized spacial score (nSPS) is 12.6. The van der Waals surface area contributed by atoms with Crippen LogP contribution >= 0.6 is 11.3 Å². The second-order valence-electron chi connectivity index (χ2n) is 6.24. The minimum Gasteiger partial charge on any atom is -0.356 e. The fourth-order valence-electron chi connectivity index (χ4n) is 1.71. The average Bonchev–Trinajstić information content (AvgIpc) is 2.65. The molecule has 0 aliphatic carbocycles. The summed E-state index contributed by atoms with van der Waals surface area (Å²) >= 11 is 1.78. The van der Waals surface area contributed by atoms with Gasteiger partial charge in [-0.3, -0.25) is 4.99 Å². The van der Waals surface area contributed by atoms with Crippen molar-refractivity contribution < 1.29 is 0 Å².